The van der Waals surface area contributed by atoms with E-state index in [-0.39, 0.29) is 18.1 Å². The van der Waals surface area contributed by atoms with Crippen LogP contribution in [0.3, 0.4) is 0 Å². The van der Waals surface area contributed by atoms with Crippen molar-refractivity contribution in [3.8, 4) is 5.75 Å². The van der Waals surface area contributed by atoms with Crippen LogP contribution in [0.5, 0.6) is 5.75 Å². The molecule has 3 heteroatoms. The first-order valence-electron chi connectivity index (χ1n) is 9.30. The lowest BCUT2D eigenvalue weighted by molar-refractivity contribution is 0.0239. The molecule has 1 aliphatic heterocycles. The van der Waals surface area contributed by atoms with Gasteiger partial charge in [0.15, 0.2) is 0 Å². The lowest BCUT2D eigenvalue weighted by atomic mass is 9.88. The van der Waals surface area contributed by atoms with Crippen molar-refractivity contribution in [3.05, 3.63) is 65.7 Å². The third kappa shape index (κ3) is 5.32. The van der Waals surface area contributed by atoms with E-state index >= 15 is 0 Å². The molecule has 1 saturated heterocycles. The molecule has 0 aromatic heterocycles. The van der Waals surface area contributed by atoms with Gasteiger partial charge < -0.3 is 9.84 Å². The molecule has 0 spiro atoms. The van der Waals surface area contributed by atoms with Gasteiger partial charge in [-0.05, 0) is 49.9 Å². The first-order valence-corrected chi connectivity index (χ1v) is 9.30. The second-order valence-electron chi connectivity index (χ2n) is 7.35. The summed E-state index contributed by atoms with van der Waals surface area (Å²) in [5.41, 5.74) is 2.61. The number of likely N-dealkylation sites (tertiary alicyclic amines) is 1. The van der Waals surface area contributed by atoms with Crippen LogP contribution >= 0.6 is 0 Å². The molecule has 2 unspecified atom stereocenters. The SMILES string of the molecule is CC(C)Oc1ccc(CC2CN(Cc3ccccc3)CCC2O)cc1. The standard InChI is InChI=1S/C22H29NO2/c1-17(2)25-21-10-8-18(9-11-21)14-20-16-23(13-12-22(20)24)15-19-6-4-3-5-7-19/h3-11,17,20,22,24H,12-16H2,1-2H3. The Balaban J connectivity index is 1.58. The van der Waals surface area contributed by atoms with Crippen molar-refractivity contribution < 1.29 is 9.84 Å². The summed E-state index contributed by atoms with van der Waals surface area (Å²) in [5.74, 6) is 1.20. The number of hydrogen-bond acceptors (Lipinski definition) is 3. The van der Waals surface area contributed by atoms with Gasteiger partial charge in [-0.3, -0.25) is 4.90 Å². The highest BCUT2D eigenvalue weighted by atomic mass is 16.5. The molecule has 0 bridgehead atoms. The second-order valence-corrected chi connectivity index (χ2v) is 7.35. The van der Waals surface area contributed by atoms with Crippen LogP contribution in [0.1, 0.15) is 31.4 Å². The Morgan fingerprint density at radius 3 is 2.44 bits per heavy atom. The third-order valence-corrected chi connectivity index (χ3v) is 4.82. The van der Waals surface area contributed by atoms with E-state index in [1.165, 1.54) is 11.1 Å². The summed E-state index contributed by atoms with van der Waals surface area (Å²) < 4.78 is 5.71. The van der Waals surface area contributed by atoms with Gasteiger partial charge in [-0.15, -0.1) is 0 Å². The number of aliphatic hydroxyl groups is 1. The molecule has 0 amide bonds. The summed E-state index contributed by atoms with van der Waals surface area (Å²) in [6.45, 7) is 6.94. The zero-order valence-corrected chi connectivity index (χ0v) is 15.3. The van der Waals surface area contributed by atoms with Gasteiger partial charge in [-0.1, -0.05) is 42.5 Å². The molecule has 0 aliphatic carbocycles. The van der Waals surface area contributed by atoms with Crippen molar-refractivity contribution in [1.82, 2.24) is 4.90 Å². The molecule has 1 fully saturated rings. The number of aliphatic hydroxyl groups excluding tert-OH is 1. The lowest BCUT2D eigenvalue weighted by Gasteiger charge is -2.36. The van der Waals surface area contributed by atoms with Gasteiger partial charge in [0.2, 0.25) is 0 Å². The van der Waals surface area contributed by atoms with Gasteiger partial charge in [0.05, 0.1) is 12.2 Å². The zero-order chi connectivity index (χ0) is 17.6. The van der Waals surface area contributed by atoms with E-state index in [9.17, 15) is 5.11 Å². The van der Waals surface area contributed by atoms with Crippen LogP contribution in [0.4, 0.5) is 0 Å². The fraction of sp³-hybridized carbons (Fsp3) is 0.455. The molecule has 2 atom stereocenters. The molecule has 2 aromatic rings. The average Bonchev–Trinajstić information content (AvgIpc) is 2.60. The normalized spacial score (nSPS) is 21.4. The Bertz CT molecular complexity index is 639. The fourth-order valence-corrected chi connectivity index (χ4v) is 3.56. The predicted octanol–water partition coefficient (Wildman–Crippen LogP) is 3.90. The summed E-state index contributed by atoms with van der Waals surface area (Å²) in [6, 6.07) is 18.9. The number of benzene rings is 2. The fourth-order valence-electron chi connectivity index (χ4n) is 3.56. The van der Waals surface area contributed by atoms with Crippen molar-refractivity contribution >= 4 is 0 Å². The molecule has 0 saturated carbocycles. The van der Waals surface area contributed by atoms with E-state index in [0.717, 1.165) is 38.2 Å². The van der Waals surface area contributed by atoms with Gasteiger partial charge in [0.1, 0.15) is 5.75 Å². The molecule has 25 heavy (non-hydrogen) atoms. The molecule has 1 aliphatic rings. The average molecular weight is 339 g/mol. The van der Waals surface area contributed by atoms with Gasteiger partial charge in [0.25, 0.3) is 0 Å². The summed E-state index contributed by atoms with van der Waals surface area (Å²) in [6.07, 6.45) is 1.75. The van der Waals surface area contributed by atoms with E-state index in [1.54, 1.807) is 0 Å². The summed E-state index contributed by atoms with van der Waals surface area (Å²) in [4.78, 5) is 2.46. The predicted molar refractivity (Wildman–Crippen MR) is 102 cm³/mol. The number of hydrogen-bond donors (Lipinski definition) is 1. The first kappa shape index (κ1) is 18.0. The van der Waals surface area contributed by atoms with Crippen LogP contribution in [-0.2, 0) is 13.0 Å². The Hall–Kier alpha value is -1.84. The van der Waals surface area contributed by atoms with E-state index in [4.69, 9.17) is 4.74 Å². The van der Waals surface area contributed by atoms with Crippen molar-refractivity contribution in [1.29, 1.82) is 0 Å². The van der Waals surface area contributed by atoms with Crippen molar-refractivity contribution in [2.75, 3.05) is 13.1 Å². The van der Waals surface area contributed by atoms with Gasteiger partial charge in [0, 0.05) is 25.6 Å². The lowest BCUT2D eigenvalue weighted by Crippen LogP contribution is -2.43. The van der Waals surface area contributed by atoms with Crippen LogP contribution in [-0.4, -0.2) is 35.3 Å². The van der Waals surface area contributed by atoms with E-state index in [1.807, 2.05) is 26.0 Å². The van der Waals surface area contributed by atoms with Crippen LogP contribution in [0.2, 0.25) is 0 Å². The molecule has 134 valence electrons. The largest absolute Gasteiger partial charge is 0.491 e. The highest BCUT2D eigenvalue weighted by molar-refractivity contribution is 5.28. The minimum Gasteiger partial charge on any atom is -0.491 e. The zero-order valence-electron chi connectivity index (χ0n) is 15.3. The first-order chi connectivity index (χ1) is 12.1. The number of rotatable bonds is 6. The number of ether oxygens (including phenoxy) is 1. The van der Waals surface area contributed by atoms with Crippen LogP contribution in [0, 0.1) is 5.92 Å². The Morgan fingerprint density at radius 2 is 1.76 bits per heavy atom. The van der Waals surface area contributed by atoms with Crippen LogP contribution < -0.4 is 4.74 Å². The van der Waals surface area contributed by atoms with Gasteiger partial charge >= 0.3 is 0 Å². The van der Waals surface area contributed by atoms with E-state index in [0.29, 0.717) is 0 Å². The van der Waals surface area contributed by atoms with Crippen molar-refractivity contribution in [2.24, 2.45) is 5.92 Å². The Labute approximate surface area is 151 Å². The summed E-state index contributed by atoms with van der Waals surface area (Å²) in [5, 5.41) is 10.4. The maximum absolute atomic E-state index is 10.4. The molecule has 2 aromatic carbocycles. The topological polar surface area (TPSA) is 32.7 Å². The number of piperidine rings is 1. The third-order valence-electron chi connectivity index (χ3n) is 4.82. The summed E-state index contributed by atoms with van der Waals surface area (Å²) >= 11 is 0. The Kier molecular flexibility index (Phi) is 6.11. The van der Waals surface area contributed by atoms with Crippen LogP contribution in [0.25, 0.3) is 0 Å². The van der Waals surface area contributed by atoms with Gasteiger partial charge in [-0.25, -0.2) is 0 Å². The second kappa shape index (κ2) is 8.50. The van der Waals surface area contributed by atoms with Gasteiger partial charge in [-0.2, -0.15) is 0 Å². The maximum Gasteiger partial charge on any atom is 0.119 e. The quantitative estimate of drug-likeness (QED) is 0.866. The molecular formula is C22H29NO2. The van der Waals surface area contributed by atoms with E-state index < -0.39 is 0 Å². The molecular weight excluding hydrogens is 310 g/mol. The highest BCUT2D eigenvalue weighted by Gasteiger charge is 2.27. The summed E-state index contributed by atoms with van der Waals surface area (Å²) in [7, 11) is 0. The molecule has 1 heterocycles. The Morgan fingerprint density at radius 1 is 1.04 bits per heavy atom. The smallest absolute Gasteiger partial charge is 0.119 e. The molecule has 3 rings (SSSR count). The number of nitrogens with zero attached hydrogens (tertiary/aromatic N) is 1. The minimum atomic E-state index is -0.210. The van der Waals surface area contributed by atoms with Crippen LogP contribution in [0.15, 0.2) is 54.6 Å². The molecule has 0 radical (unpaired) electrons. The monoisotopic (exact) mass is 339 g/mol. The maximum atomic E-state index is 10.4. The van der Waals surface area contributed by atoms with Crippen molar-refractivity contribution in [2.45, 2.75) is 45.4 Å². The molecule has 1 N–H and O–H groups in total. The molecule has 3 nitrogen and oxygen atoms in total. The van der Waals surface area contributed by atoms with Crippen molar-refractivity contribution in [3.63, 3.8) is 0 Å². The minimum absolute atomic E-state index is 0.192. The van der Waals surface area contributed by atoms with E-state index in [2.05, 4.69) is 47.4 Å². The highest BCUT2D eigenvalue weighted by Crippen LogP contribution is 2.24.